The van der Waals surface area contributed by atoms with E-state index in [1.807, 2.05) is 0 Å². The number of carbonyl (C=O) groups excluding carboxylic acids is 1. The lowest BCUT2D eigenvalue weighted by Crippen LogP contribution is -2.10. The first-order valence-electron chi connectivity index (χ1n) is 11.4. The summed E-state index contributed by atoms with van der Waals surface area (Å²) in [6, 6.07) is 0. The van der Waals surface area contributed by atoms with E-state index in [0.717, 1.165) is 18.8 Å². The summed E-state index contributed by atoms with van der Waals surface area (Å²) in [5.74, 6) is 0.484. The van der Waals surface area contributed by atoms with Gasteiger partial charge in [-0.1, -0.05) is 78.1 Å². The van der Waals surface area contributed by atoms with Gasteiger partial charge in [0.2, 0.25) is 0 Å². The summed E-state index contributed by atoms with van der Waals surface area (Å²) in [6.07, 6.45) is 13.7. The van der Waals surface area contributed by atoms with E-state index in [2.05, 4.69) is 13.8 Å². The highest BCUT2D eigenvalue weighted by molar-refractivity contribution is 7.48. The van der Waals surface area contributed by atoms with Gasteiger partial charge < -0.3 is 9.26 Å². The summed E-state index contributed by atoms with van der Waals surface area (Å²) < 4.78 is 33.9. The van der Waals surface area contributed by atoms with Crippen LogP contribution in [0.1, 0.15) is 91.4 Å². The maximum atomic E-state index is 12.7. The molecule has 0 unspecified atom stereocenters. The van der Waals surface area contributed by atoms with Crippen molar-refractivity contribution in [3.8, 4) is 0 Å². The molecule has 0 aromatic carbocycles. The predicted octanol–water partition coefficient (Wildman–Crippen LogP) is 6.55. The molecule has 0 aromatic heterocycles. The molecular weight excluding hydrogens is 391 g/mol. The first-order chi connectivity index (χ1) is 13.9. The van der Waals surface area contributed by atoms with E-state index in [1.165, 1.54) is 57.8 Å². The molecule has 0 aliphatic carbocycles. The van der Waals surface area contributed by atoms with Crippen LogP contribution in [-0.4, -0.2) is 25.8 Å². The summed E-state index contributed by atoms with van der Waals surface area (Å²) in [4.78, 5) is 11.7. The fraction of sp³-hybridized carbons (Fsp3) is 0.864. The fourth-order valence-electron chi connectivity index (χ4n) is 3.80. The number of phosphoric acid groups is 1. The summed E-state index contributed by atoms with van der Waals surface area (Å²) in [6.45, 7) is 6.90. The molecule has 2 rings (SSSR count). The maximum Gasteiger partial charge on any atom is 0.529 e. The molecule has 29 heavy (non-hydrogen) atoms. The van der Waals surface area contributed by atoms with E-state index in [0.29, 0.717) is 17.9 Å². The third-order valence-corrected chi connectivity index (χ3v) is 6.99. The van der Waals surface area contributed by atoms with Crippen LogP contribution in [-0.2, 0) is 27.7 Å². The monoisotopic (exact) mass is 430 g/mol. The molecule has 0 spiro atoms. The number of unbranched alkanes of at least 4 members (excludes halogenated alkanes) is 9. The largest absolute Gasteiger partial charge is 0.529 e. The Bertz CT molecular complexity index is 586. The van der Waals surface area contributed by atoms with E-state index in [4.69, 9.17) is 18.3 Å². The fourth-order valence-corrected chi connectivity index (χ4v) is 5.13. The summed E-state index contributed by atoms with van der Waals surface area (Å²) >= 11 is 0. The van der Waals surface area contributed by atoms with Crippen molar-refractivity contribution in [3.05, 3.63) is 11.3 Å². The van der Waals surface area contributed by atoms with Gasteiger partial charge in [-0.3, -0.25) is 9.05 Å². The van der Waals surface area contributed by atoms with Crippen molar-refractivity contribution in [2.24, 2.45) is 11.8 Å². The number of rotatable bonds is 14. The van der Waals surface area contributed by atoms with E-state index in [-0.39, 0.29) is 19.1 Å². The van der Waals surface area contributed by atoms with Crippen LogP contribution in [0, 0.1) is 11.8 Å². The molecule has 6 nitrogen and oxygen atoms in total. The molecule has 2 aliphatic heterocycles. The Morgan fingerprint density at radius 3 is 2.17 bits per heavy atom. The Balaban J connectivity index is 1.48. The van der Waals surface area contributed by atoms with Crippen molar-refractivity contribution in [1.29, 1.82) is 0 Å². The van der Waals surface area contributed by atoms with Gasteiger partial charge in [-0.05, 0) is 19.3 Å². The minimum atomic E-state index is -3.65. The average molecular weight is 431 g/mol. The number of hydrogen-bond donors (Lipinski definition) is 0. The molecule has 0 aromatic rings. The summed E-state index contributed by atoms with van der Waals surface area (Å²) in [5, 5.41) is 0. The number of allylic oxidation sites excluding steroid dienone is 1. The lowest BCUT2D eigenvalue weighted by molar-refractivity contribution is -0.135. The smallest absolute Gasteiger partial charge is 0.461 e. The van der Waals surface area contributed by atoms with Gasteiger partial charge in [-0.15, -0.1) is 0 Å². The molecule has 168 valence electrons. The quantitative estimate of drug-likeness (QED) is 0.177. The van der Waals surface area contributed by atoms with Gasteiger partial charge in [0.05, 0.1) is 24.7 Å². The molecule has 0 saturated carbocycles. The van der Waals surface area contributed by atoms with Gasteiger partial charge in [0.15, 0.2) is 0 Å². The first-order valence-corrected chi connectivity index (χ1v) is 12.8. The predicted molar refractivity (Wildman–Crippen MR) is 113 cm³/mol. The van der Waals surface area contributed by atoms with Gasteiger partial charge in [0.25, 0.3) is 0 Å². The van der Waals surface area contributed by atoms with Crippen LogP contribution in [0.15, 0.2) is 11.3 Å². The zero-order valence-corrected chi connectivity index (χ0v) is 19.3. The van der Waals surface area contributed by atoms with Crippen LogP contribution in [0.3, 0.4) is 0 Å². The number of phosphoric ester groups is 1. The van der Waals surface area contributed by atoms with Crippen molar-refractivity contribution in [2.75, 3.05) is 19.8 Å². The minimum Gasteiger partial charge on any atom is -0.461 e. The molecule has 0 N–H and O–H groups in total. The zero-order valence-electron chi connectivity index (χ0n) is 18.5. The Morgan fingerprint density at radius 1 is 0.966 bits per heavy atom. The standard InChI is InChI=1S/C22H39O6P/c1-18(2)14-12-10-8-6-4-5-7-9-11-13-15-26-29(24)27-17-20-16-25-22(23)21(20)19(3)28-29/h18,20H,4-17H2,1-3H3/t20-,29+/m1/s1. The molecule has 2 heterocycles. The Kier molecular flexibility index (Phi) is 10.8. The van der Waals surface area contributed by atoms with Gasteiger partial charge >= 0.3 is 13.8 Å². The number of esters is 1. The Hall–Kier alpha value is -0.840. The van der Waals surface area contributed by atoms with Gasteiger partial charge in [-0.25, -0.2) is 9.36 Å². The lowest BCUT2D eigenvalue weighted by Gasteiger charge is -2.17. The van der Waals surface area contributed by atoms with Crippen molar-refractivity contribution in [1.82, 2.24) is 0 Å². The lowest BCUT2D eigenvalue weighted by atomic mass is 10.0. The highest BCUT2D eigenvalue weighted by Crippen LogP contribution is 2.54. The second-order valence-corrected chi connectivity index (χ2v) is 10.2. The molecular formula is C22H39O6P. The summed E-state index contributed by atoms with van der Waals surface area (Å²) in [7, 11) is -3.65. The molecule has 7 heteroatoms. The molecule has 0 radical (unpaired) electrons. The second kappa shape index (κ2) is 12.8. The molecule has 2 aliphatic rings. The Labute approximate surface area is 176 Å². The number of carbonyl (C=O) groups is 1. The van der Waals surface area contributed by atoms with Crippen LogP contribution in [0.2, 0.25) is 0 Å². The first kappa shape index (κ1) is 24.4. The molecule has 1 saturated heterocycles. The number of ether oxygens (including phenoxy) is 1. The normalized spacial score (nSPS) is 24.4. The van der Waals surface area contributed by atoms with Crippen molar-refractivity contribution < 1.29 is 27.7 Å². The van der Waals surface area contributed by atoms with Crippen molar-refractivity contribution in [2.45, 2.75) is 91.4 Å². The van der Waals surface area contributed by atoms with Gasteiger partial charge in [0.1, 0.15) is 12.4 Å². The SMILES string of the molecule is CC1=C2C(=O)OC[C@@H]2CO[P@](=O)(OCCCCCCCCCCCCC(C)C)O1. The van der Waals surface area contributed by atoms with E-state index < -0.39 is 13.8 Å². The van der Waals surface area contributed by atoms with Crippen LogP contribution in [0.4, 0.5) is 0 Å². The number of hydrogen-bond acceptors (Lipinski definition) is 6. The van der Waals surface area contributed by atoms with Crippen LogP contribution in [0.25, 0.3) is 0 Å². The third kappa shape index (κ3) is 8.82. The average Bonchev–Trinajstić information content (AvgIpc) is 2.98. The molecule has 0 amide bonds. The molecule has 2 atom stereocenters. The molecule has 0 bridgehead atoms. The maximum absolute atomic E-state index is 12.7. The van der Waals surface area contributed by atoms with Crippen molar-refractivity contribution in [3.63, 3.8) is 0 Å². The van der Waals surface area contributed by atoms with Crippen LogP contribution < -0.4 is 0 Å². The van der Waals surface area contributed by atoms with Crippen molar-refractivity contribution >= 4 is 13.8 Å². The van der Waals surface area contributed by atoms with Gasteiger partial charge in [-0.2, -0.15) is 0 Å². The molecule has 1 fully saturated rings. The number of fused-ring (bicyclic) bond motifs is 1. The second-order valence-electron chi connectivity index (χ2n) is 8.65. The highest BCUT2D eigenvalue weighted by atomic mass is 31.2. The van der Waals surface area contributed by atoms with E-state index in [1.54, 1.807) is 6.92 Å². The minimum absolute atomic E-state index is 0.118. The Morgan fingerprint density at radius 2 is 1.55 bits per heavy atom. The summed E-state index contributed by atoms with van der Waals surface area (Å²) in [5.41, 5.74) is 0.422. The van der Waals surface area contributed by atoms with Crippen LogP contribution in [0.5, 0.6) is 0 Å². The highest BCUT2D eigenvalue weighted by Gasteiger charge is 2.42. The third-order valence-electron chi connectivity index (χ3n) is 5.53. The van der Waals surface area contributed by atoms with Crippen LogP contribution >= 0.6 is 7.82 Å². The van der Waals surface area contributed by atoms with E-state index in [9.17, 15) is 9.36 Å². The number of cyclic esters (lactones) is 1. The topological polar surface area (TPSA) is 71.1 Å². The van der Waals surface area contributed by atoms with E-state index >= 15 is 0 Å². The van der Waals surface area contributed by atoms with Gasteiger partial charge in [0, 0.05) is 0 Å². The zero-order chi connectivity index (χ0) is 21.1.